The van der Waals surface area contributed by atoms with Crippen LogP contribution in [-0.4, -0.2) is 45.7 Å². The zero-order valence-corrected chi connectivity index (χ0v) is 15.4. The van der Waals surface area contributed by atoms with Crippen LogP contribution in [0.1, 0.15) is 6.42 Å². The van der Waals surface area contributed by atoms with Gasteiger partial charge in [-0.15, -0.1) is 0 Å². The Balaban J connectivity index is 2.38. The third-order valence-corrected chi connectivity index (χ3v) is 8.42. The van der Waals surface area contributed by atoms with Gasteiger partial charge in [-0.25, -0.2) is 16.8 Å². The fourth-order valence-corrected chi connectivity index (χ4v) is 6.80. The van der Waals surface area contributed by atoms with E-state index in [4.69, 9.17) is 0 Å². The van der Waals surface area contributed by atoms with Crippen molar-refractivity contribution in [2.75, 3.05) is 18.6 Å². The van der Waals surface area contributed by atoms with Crippen LogP contribution in [0.5, 0.6) is 0 Å². The zero-order valence-electron chi connectivity index (χ0n) is 10.6. The summed E-state index contributed by atoms with van der Waals surface area (Å²) >= 11 is 6.46. The molecule has 112 valence electrons. The van der Waals surface area contributed by atoms with Crippen LogP contribution in [-0.2, 0) is 19.9 Å². The molecule has 1 aliphatic rings. The second kappa shape index (κ2) is 5.68. The van der Waals surface area contributed by atoms with Gasteiger partial charge in [-0.2, -0.15) is 4.31 Å². The van der Waals surface area contributed by atoms with Crippen LogP contribution in [0.15, 0.2) is 32.0 Å². The first-order valence-corrected chi connectivity index (χ1v) is 10.6. The zero-order chi connectivity index (χ0) is 15.1. The molecule has 1 unspecified atom stereocenters. The molecular formula is C11H13Br2NO4S2. The highest BCUT2D eigenvalue weighted by Gasteiger charge is 2.37. The minimum absolute atomic E-state index is 0.0389. The Morgan fingerprint density at radius 3 is 2.50 bits per heavy atom. The molecule has 1 aromatic rings. The molecule has 1 aromatic carbocycles. The van der Waals surface area contributed by atoms with Crippen LogP contribution in [0.3, 0.4) is 0 Å². The molecule has 0 N–H and O–H groups in total. The summed E-state index contributed by atoms with van der Waals surface area (Å²) in [6.07, 6.45) is 0.337. The molecule has 0 aromatic heterocycles. The van der Waals surface area contributed by atoms with Crippen LogP contribution < -0.4 is 0 Å². The van der Waals surface area contributed by atoms with Crippen molar-refractivity contribution in [1.82, 2.24) is 4.31 Å². The van der Waals surface area contributed by atoms with Gasteiger partial charge in [0.05, 0.1) is 16.4 Å². The lowest BCUT2D eigenvalue weighted by Gasteiger charge is -2.23. The first kappa shape index (κ1) is 16.4. The third-order valence-electron chi connectivity index (χ3n) is 3.27. The molecule has 20 heavy (non-hydrogen) atoms. The van der Waals surface area contributed by atoms with Gasteiger partial charge < -0.3 is 0 Å². The Morgan fingerprint density at radius 2 is 1.95 bits per heavy atom. The van der Waals surface area contributed by atoms with E-state index in [0.29, 0.717) is 15.4 Å². The van der Waals surface area contributed by atoms with Gasteiger partial charge in [0.15, 0.2) is 9.84 Å². The Labute approximate surface area is 135 Å². The fraction of sp³-hybridized carbons (Fsp3) is 0.455. The number of hydrogen-bond acceptors (Lipinski definition) is 4. The molecule has 0 spiro atoms. The Bertz CT molecular complexity index is 731. The van der Waals surface area contributed by atoms with E-state index >= 15 is 0 Å². The lowest BCUT2D eigenvalue weighted by molar-refractivity contribution is 0.393. The van der Waals surface area contributed by atoms with E-state index in [1.807, 2.05) is 0 Å². The average Bonchev–Trinajstić information content (AvgIpc) is 2.71. The summed E-state index contributed by atoms with van der Waals surface area (Å²) in [5, 5.41) is 0. The van der Waals surface area contributed by atoms with Crippen LogP contribution in [0.4, 0.5) is 0 Å². The average molecular weight is 447 g/mol. The molecule has 1 heterocycles. The van der Waals surface area contributed by atoms with E-state index in [9.17, 15) is 16.8 Å². The first-order chi connectivity index (χ1) is 9.13. The number of sulfonamides is 1. The number of hydrogen-bond donors (Lipinski definition) is 0. The van der Waals surface area contributed by atoms with Gasteiger partial charge in [0.25, 0.3) is 0 Å². The lowest BCUT2D eigenvalue weighted by Crippen LogP contribution is -2.37. The summed E-state index contributed by atoms with van der Waals surface area (Å²) in [6.45, 7) is 0. The predicted molar refractivity (Wildman–Crippen MR) is 83.8 cm³/mol. The molecule has 0 saturated carbocycles. The van der Waals surface area contributed by atoms with Gasteiger partial charge in [-0.1, -0.05) is 15.9 Å². The Hall–Kier alpha value is 0.0400. The maximum Gasteiger partial charge on any atom is 0.244 e. The quantitative estimate of drug-likeness (QED) is 0.711. The summed E-state index contributed by atoms with van der Waals surface area (Å²) in [7, 11) is -5.44. The summed E-state index contributed by atoms with van der Waals surface area (Å²) in [4.78, 5) is 0.124. The molecule has 0 aliphatic carbocycles. The molecule has 2 rings (SSSR count). The SMILES string of the molecule is CN(C1CCS(=O)(=O)C1)S(=O)(=O)c1cc(Br)ccc1Br. The van der Waals surface area contributed by atoms with Crippen molar-refractivity contribution in [3.05, 3.63) is 27.1 Å². The smallest absolute Gasteiger partial charge is 0.229 e. The highest BCUT2D eigenvalue weighted by Crippen LogP contribution is 2.30. The fourth-order valence-electron chi connectivity index (χ4n) is 2.09. The molecule has 1 atom stereocenters. The molecule has 9 heteroatoms. The topological polar surface area (TPSA) is 71.5 Å². The maximum atomic E-state index is 12.6. The van der Waals surface area contributed by atoms with Gasteiger partial charge in [0.2, 0.25) is 10.0 Å². The van der Waals surface area contributed by atoms with Crippen molar-refractivity contribution in [1.29, 1.82) is 0 Å². The van der Waals surface area contributed by atoms with Gasteiger partial charge in [-0.3, -0.25) is 0 Å². The van der Waals surface area contributed by atoms with Crippen molar-refractivity contribution >= 4 is 51.7 Å². The Kier molecular flexibility index (Phi) is 4.66. The van der Waals surface area contributed by atoms with Crippen LogP contribution >= 0.6 is 31.9 Å². The number of sulfone groups is 1. The van der Waals surface area contributed by atoms with Crippen molar-refractivity contribution in [2.24, 2.45) is 0 Å². The Morgan fingerprint density at radius 1 is 1.30 bits per heavy atom. The number of benzene rings is 1. The van der Waals surface area contributed by atoms with Crippen molar-refractivity contribution in [2.45, 2.75) is 17.4 Å². The van der Waals surface area contributed by atoms with E-state index in [-0.39, 0.29) is 16.4 Å². The van der Waals surface area contributed by atoms with Gasteiger partial charge >= 0.3 is 0 Å². The molecule has 1 saturated heterocycles. The van der Waals surface area contributed by atoms with Gasteiger partial charge in [0, 0.05) is 22.0 Å². The van der Waals surface area contributed by atoms with Gasteiger partial charge in [-0.05, 0) is 40.5 Å². The van der Waals surface area contributed by atoms with E-state index in [2.05, 4.69) is 31.9 Å². The van der Waals surface area contributed by atoms with E-state index in [1.165, 1.54) is 13.1 Å². The molecular weight excluding hydrogens is 434 g/mol. The first-order valence-electron chi connectivity index (χ1n) is 5.77. The van der Waals surface area contributed by atoms with Crippen LogP contribution in [0.2, 0.25) is 0 Å². The van der Waals surface area contributed by atoms with Crippen molar-refractivity contribution < 1.29 is 16.8 Å². The van der Waals surface area contributed by atoms with Crippen LogP contribution in [0, 0.1) is 0 Å². The highest BCUT2D eigenvalue weighted by atomic mass is 79.9. The molecule has 5 nitrogen and oxygen atoms in total. The summed E-state index contributed by atoms with van der Waals surface area (Å²) in [6, 6.07) is 4.36. The second-order valence-corrected chi connectivity index (χ2v) is 10.6. The minimum atomic E-state index is -3.73. The summed E-state index contributed by atoms with van der Waals surface area (Å²) < 4.78 is 50.4. The molecule has 0 radical (unpaired) electrons. The molecule has 0 amide bonds. The normalized spacial score (nSPS) is 22.3. The number of rotatable bonds is 3. The number of nitrogens with zero attached hydrogens (tertiary/aromatic N) is 1. The predicted octanol–water partition coefficient (Wildman–Crippen LogP) is 2.02. The maximum absolute atomic E-state index is 12.6. The lowest BCUT2D eigenvalue weighted by atomic mass is 10.3. The largest absolute Gasteiger partial charge is 0.244 e. The van der Waals surface area contributed by atoms with Crippen LogP contribution in [0.25, 0.3) is 0 Å². The minimum Gasteiger partial charge on any atom is -0.229 e. The third kappa shape index (κ3) is 3.27. The standard InChI is InChI=1S/C11H13Br2NO4S2/c1-14(9-4-5-19(15,16)7-9)20(17,18)11-6-8(12)2-3-10(11)13/h2-3,6,9H,4-5,7H2,1H3. The number of halogens is 2. The molecule has 1 fully saturated rings. The van der Waals surface area contributed by atoms with Gasteiger partial charge in [0.1, 0.15) is 0 Å². The highest BCUT2D eigenvalue weighted by molar-refractivity contribution is 9.11. The molecule has 1 aliphatic heterocycles. The summed E-state index contributed by atoms with van der Waals surface area (Å²) in [5.74, 6) is -0.0778. The van der Waals surface area contributed by atoms with E-state index in [0.717, 1.165) is 4.31 Å². The van der Waals surface area contributed by atoms with Crippen molar-refractivity contribution in [3.63, 3.8) is 0 Å². The summed E-state index contributed by atoms with van der Waals surface area (Å²) in [5.41, 5.74) is 0. The second-order valence-electron chi connectivity index (χ2n) is 4.65. The monoisotopic (exact) mass is 445 g/mol. The van der Waals surface area contributed by atoms with E-state index in [1.54, 1.807) is 12.1 Å². The van der Waals surface area contributed by atoms with E-state index < -0.39 is 25.9 Å². The van der Waals surface area contributed by atoms with Crippen molar-refractivity contribution in [3.8, 4) is 0 Å². The molecule has 0 bridgehead atoms.